The van der Waals surface area contributed by atoms with E-state index in [9.17, 15) is 19.3 Å². The Balaban J connectivity index is 1.33. The fraction of sp³-hybridized carbons (Fsp3) is 0.306. The molecule has 1 atom stereocenters. The van der Waals surface area contributed by atoms with Crippen molar-refractivity contribution >= 4 is 41.3 Å². The molecule has 2 aromatic carbocycles. The average Bonchev–Trinajstić information content (AvgIpc) is 3.57. The number of aromatic nitrogens is 3. The van der Waals surface area contributed by atoms with Crippen molar-refractivity contribution in [2.75, 3.05) is 46.2 Å². The first kappa shape index (κ1) is 35.3. The van der Waals surface area contributed by atoms with Crippen molar-refractivity contribution < 1.29 is 28.2 Å². The lowest BCUT2D eigenvalue weighted by atomic mass is 9.89. The van der Waals surface area contributed by atoms with Gasteiger partial charge in [0.2, 0.25) is 5.36 Å². The molecule has 3 aromatic rings. The van der Waals surface area contributed by atoms with Gasteiger partial charge in [-0.3, -0.25) is 14.0 Å². The summed E-state index contributed by atoms with van der Waals surface area (Å²) >= 11 is 0. The third-order valence-electron chi connectivity index (χ3n) is 8.26. The molecule has 256 valence electrons. The van der Waals surface area contributed by atoms with Gasteiger partial charge in [0.05, 0.1) is 24.4 Å². The summed E-state index contributed by atoms with van der Waals surface area (Å²) in [6, 6.07) is 16.5. The van der Waals surface area contributed by atoms with Gasteiger partial charge in [0, 0.05) is 67.1 Å². The number of nitrogens with one attached hydrogen (secondary N) is 1. The van der Waals surface area contributed by atoms with Crippen molar-refractivity contribution in [2.24, 2.45) is 0 Å². The quantitative estimate of drug-likeness (QED) is 0.0691. The van der Waals surface area contributed by atoms with Gasteiger partial charge in [0.25, 0.3) is 13.3 Å². The number of hydrogen-bond acceptors (Lipinski definition) is 8. The summed E-state index contributed by atoms with van der Waals surface area (Å²) in [7, 11) is 4.58. The van der Waals surface area contributed by atoms with Crippen LogP contribution < -0.4 is 25.6 Å². The summed E-state index contributed by atoms with van der Waals surface area (Å²) in [6.07, 6.45) is 3.88. The van der Waals surface area contributed by atoms with Crippen molar-refractivity contribution in [3.8, 4) is 22.5 Å². The van der Waals surface area contributed by atoms with Crippen LogP contribution in [0.1, 0.15) is 46.9 Å². The number of rotatable bonds is 14. The van der Waals surface area contributed by atoms with Crippen molar-refractivity contribution in [2.45, 2.75) is 32.7 Å². The average molecular weight is 686 g/mol. The number of aromatic carboxylic acids is 1. The molecular weight excluding hydrogens is 643 g/mol. The van der Waals surface area contributed by atoms with E-state index in [1.54, 1.807) is 29.9 Å². The molecule has 0 radical (unpaired) electrons. The van der Waals surface area contributed by atoms with E-state index in [4.69, 9.17) is 8.94 Å². The normalized spacial score (nSPS) is 12.5. The molecule has 1 aromatic heterocycles. The molecule has 1 aliphatic carbocycles. The van der Waals surface area contributed by atoms with Crippen LogP contribution in [-0.2, 0) is 15.6 Å². The zero-order chi connectivity index (χ0) is 35.3. The number of unbranched alkanes of at least 4 members (excludes halogenated alkanes) is 2. The second kappa shape index (κ2) is 15.0. The molecule has 13 heteroatoms. The van der Waals surface area contributed by atoms with Crippen molar-refractivity contribution in [3.05, 3.63) is 89.7 Å². The van der Waals surface area contributed by atoms with E-state index in [2.05, 4.69) is 22.2 Å². The van der Waals surface area contributed by atoms with E-state index in [0.29, 0.717) is 36.4 Å². The molecule has 0 fully saturated rings. The van der Waals surface area contributed by atoms with Crippen LogP contribution in [0, 0.1) is 0 Å². The van der Waals surface area contributed by atoms with Gasteiger partial charge in [0.1, 0.15) is 25.4 Å². The molecule has 1 amide bonds. The van der Waals surface area contributed by atoms with Crippen LogP contribution in [0.2, 0.25) is 0 Å². The van der Waals surface area contributed by atoms with Crippen LogP contribution in [0.25, 0.3) is 33.4 Å². The molecule has 2 aliphatic rings. The Labute approximate surface area is 285 Å². The highest BCUT2D eigenvalue weighted by Gasteiger charge is 2.26. The fourth-order valence-corrected chi connectivity index (χ4v) is 6.89. The highest BCUT2D eigenvalue weighted by molar-refractivity contribution is 7.69. The van der Waals surface area contributed by atoms with E-state index >= 15 is 0 Å². The number of aryl methyl sites for hydroxylation is 1. The minimum Gasteiger partial charge on any atom is -0.478 e. The number of anilines is 1. The highest BCUT2D eigenvalue weighted by atomic mass is 31.2. The van der Waals surface area contributed by atoms with Crippen molar-refractivity contribution in [3.63, 3.8) is 0 Å². The molecule has 2 heterocycles. The molecule has 0 saturated heterocycles. The molecule has 49 heavy (non-hydrogen) atoms. The summed E-state index contributed by atoms with van der Waals surface area (Å²) in [4.78, 5) is 27.8. The minimum absolute atomic E-state index is 0.0207. The molecule has 0 spiro atoms. The molecule has 5 rings (SSSR count). The van der Waals surface area contributed by atoms with Gasteiger partial charge >= 0.3 is 5.97 Å². The zero-order valence-electron chi connectivity index (χ0n) is 28.5. The second-order valence-electron chi connectivity index (χ2n) is 12.0. The molecule has 0 bridgehead atoms. The smallest absolute Gasteiger partial charge is 0.336 e. The van der Waals surface area contributed by atoms with Crippen molar-refractivity contribution in [1.29, 1.82) is 0 Å². The lowest BCUT2D eigenvalue weighted by Gasteiger charge is -2.19. The number of benzene rings is 3. The van der Waals surface area contributed by atoms with Crippen LogP contribution in [0.3, 0.4) is 0 Å². The van der Waals surface area contributed by atoms with Gasteiger partial charge in [-0.25, -0.2) is 9.37 Å². The van der Waals surface area contributed by atoms with E-state index < -0.39 is 13.3 Å². The number of carboxylic acid groups (broad SMARTS) is 1. The lowest BCUT2D eigenvalue weighted by molar-refractivity contribution is 0.0697. The molecule has 2 N–H and O–H groups in total. The predicted octanol–water partition coefficient (Wildman–Crippen LogP) is 5.28. The lowest BCUT2D eigenvalue weighted by Crippen LogP contribution is -2.24. The largest absolute Gasteiger partial charge is 0.478 e. The SMILES string of the molecule is C=CP(=O)(OCC)c1cn(CCCCCNC(=O)c2ccc(-c3c4ccc(=[N+](C)C)cc-4oc4cc(N(C)C)ccc34)c(C(=O)O)c2)nn1. The monoisotopic (exact) mass is 685 g/mol. The number of carbonyl (C=O) groups excluding carboxylic acids is 1. The predicted molar refractivity (Wildman–Crippen MR) is 192 cm³/mol. The van der Waals surface area contributed by atoms with Gasteiger partial charge in [-0.1, -0.05) is 17.9 Å². The van der Waals surface area contributed by atoms with Gasteiger partial charge in [0.15, 0.2) is 5.44 Å². The Bertz CT molecular complexity index is 2110. The summed E-state index contributed by atoms with van der Waals surface area (Å²) in [5, 5.41) is 23.0. The van der Waals surface area contributed by atoms with Gasteiger partial charge in [-0.2, -0.15) is 0 Å². The van der Waals surface area contributed by atoms with Crippen molar-refractivity contribution in [1.82, 2.24) is 24.9 Å². The Kier molecular flexibility index (Phi) is 10.8. The molecule has 1 unspecified atom stereocenters. The first-order valence-corrected chi connectivity index (χ1v) is 17.8. The standard InChI is InChI=1S/C36H41N6O6P/c1-7-47-49(46,8-2)33-23-42(39-38-33)19-11-9-10-18-37-35(43)24-12-15-27(30(20-24)36(44)45)34-28-16-13-25(40(3)4)21-31(28)48-32-22-26(41(5)6)14-17-29(32)34/h8,12-17,20-23H,2,7,9-11,18-19H2,1,3-6H3,(H-,37,43,44,45)/p+1. The van der Waals surface area contributed by atoms with Crippen LogP contribution in [0.4, 0.5) is 5.69 Å². The highest BCUT2D eigenvalue weighted by Crippen LogP contribution is 2.46. The summed E-state index contributed by atoms with van der Waals surface area (Å²) < 4.78 is 28.1. The zero-order valence-corrected chi connectivity index (χ0v) is 29.4. The molecule has 0 saturated carbocycles. The first-order valence-electron chi connectivity index (χ1n) is 16.1. The maximum atomic E-state index is 13.1. The van der Waals surface area contributed by atoms with Gasteiger partial charge in [-0.05, 0) is 67.9 Å². The topological polar surface area (TPSA) is 143 Å². The number of hydrogen-bond donors (Lipinski definition) is 2. The number of nitrogens with zero attached hydrogens (tertiary/aromatic N) is 5. The number of carbonyl (C=O) groups is 2. The molecular formula is C36H42N6O6P+. The maximum Gasteiger partial charge on any atom is 0.336 e. The van der Waals surface area contributed by atoms with Gasteiger partial charge in [-0.15, -0.1) is 5.10 Å². The van der Waals surface area contributed by atoms with Crippen LogP contribution in [0.5, 0.6) is 0 Å². The van der Waals surface area contributed by atoms with Gasteiger partial charge < -0.3 is 24.3 Å². The van der Waals surface area contributed by atoms with Crippen LogP contribution in [-0.4, -0.2) is 73.3 Å². The Morgan fingerprint density at radius 2 is 1.86 bits per heavy atom. The number of fused-ring (bicyclic) bond motifs is 2. The number of amides is 1. The summed E-state index contributed by atoms with van der Waals surface area (Å²) in [6.45, 7) is 6.62. The summed E-state index contributed by atoms with van der Waals surface area (Å²) in [5.41, 5.74) is 4.09. The minimum atomic E-state index is -3.21. The Hall–Kier alpha value is -5.06. The van der Waals surface area contributed by atoms with E-state index in [1.807, 2.05) is 74.1 Å². The van der Waals surface area contributed by atoms with E-state index in [1.165, 1.54) is 11.9 Å². The Morgan fingerprint density at radius 1 is 1.08 bits per heavy atom. The molecule has 12 nitrogen and oxygen atoms in total. The first-order chi connectivity index (χ1) is 23.4. The second-order valence-corrected chi connectivity index (χ2v) is 14.3. The third kappa shape index (κ3) is 7.66. The summed E-state index contributed by atoms with van der Waals surface area (Å²) in [5.74, 6) is 0.414. The van der Waals surface area contributed by atoms with Crippen LogP contribution >= 0.6 is 7.37 Å². The van der Waals surface area contributed by atoms with Crippen LogP contribution in [0.15, 0.2) is 77.6 Å². The maximum absolute atomic E-state index is 13.1. The molecule has 1 aliphatic heterocycles. The number of carboxylic acids is 1. The van der Waals surface area contributed by atoms with E-state index in [-0.39, 0.29) is 29.1 Å². The third-order valence-corrected chi connectivity index (χ3v) is 10.2. The Morgan fingerprint density at radius 3 is 2.55 bits per heavy atom. The van der Waals surface area contributed by atoms with E-state index in [0.717, 1.165) is 40.4 Å². The fourth-order valence-electron chi connectivity index (χ4n) is 5.62.